The number of rotatable bonds is 9. The van der Waals surface area contributed by atoms with E-state index in [2.05, 4.69) is 102 Å². The van der Waals surface area contributed by atoms with E-state index >= 15 is 0 Å². The van der Waals surface area contributed by atoms with Crippen molar-refractivity contribution in [2.45, 2.75) is 98.8 Å². The minimum absolute atomic E-state index is 0.120. The normalized spacial score (nSPS) is 20.4. The number of ketones is 1. The molecule has 1 aliphatic heterocycles. The van der Waals surface area contributed by atoms with E-state index in [1.807, 2.05) is 6.92 Å². The van der Waals surface area contributed by atoms with E-state index in [1.165, 1.54) is 50.4 Å². The summed E-state index contributed by atoms with van der Waals surface area (Å²) in [5.41, 5.74) is 13.9. The molecular formula is C41H50ClNO3. The number of anilines is 1. The molecule has 2 aromatic rings. The second-order valence-corrected chi connectivity index (χ2v) is 14.3. The molecule has 0 N–H and O–H groups in total. The summed E-state index contributed by atoms with van der Waals surface area (Å²) in [4.78, 5) is 14.8. The number of Topliss-reactive ketones (excluding diaryl/α,β-unsaturated/α-hetero) is 1. The number of nitrogens with zero attached hydrogens (tertiary/aromatic N) is 1. The summed E-state index contributed by atoms with van der Waals surface area (Å²) in [7, 11) is 1.65. The second kappa shape index (κ2) is 13.0. The monoisotopic (exact) mass is 639 g/mol. The van der Waals surface area contributed by atoms with E-state index in [-0.39, 0.29) is 23.4 Å². The van der Waals surface area contributed by atoms with E-state index < -0.39 is 0 Å². The molecule has 2 aliphatic carbocycles. The fraction of sp³-hybridized carbons (Fsp3) is 0.439. The van der Waals surface area contributed by atoms with Gasteiger partial charge in [-0.25, -0.2) is 0 Å². The van der Waals surface area contributed by atoms with Crippen LogP contribution >= 0.6 is 11.6 Å². The molecule has 3 aliphatic rings. The average molecular weight is 640 g/mol. The smallest absolute Gasteiger partial charge is 0.188 e. The Morgan fingerprint density at radius 1 is 0.957 bits per heavy atom. The van der Waals surface area contributed by atoms with Crippen molar-refractivity contribution in [2.24, 2.45) is 0 Å². The van der Waals surface area contributed by atoms with Crippen molar-refractivity contribution in [1.29, 1.82) is 0 Å². The van der Waals surface area contributed by atoms with Crippen LogP contribution in [0.2, 0.25) is 0 Å². The highest BCUT2D eigenvalue weighted by atomic mass is 35.5. The zero-order valence-corrected chi connectivity index (χ0v) is 30.2. The van der Waals surface area contributed by atoms with Crippen molar-refractivity contribution in [2.75, 3.05) is 25.3 Å². The van der Waals surface area contributed by atoms with Gasteiger partial charge < -0.3 is 14.4 Å². The molecule has 0 amide bonds. The molecule has 5 heteroatoms. The van der Waals surface area contributed by atoms with Crippen LogP contribution in [0.25, 0.3) is 5.57 Å². The third-order valence-electron chi connectivity index (χ3n) is 10.3. The number of carbonyl (C=O) groups is 1. The van der Waals surface area contributed by atoms with Crippen molar-refractivity contribution in [3.63, 3.8) is 0 Å². The first kappa shape index (κ1) is 34.0. The van der Waals surface area contributed by atoms with Gasteiger partial charge in [-0.1, -0.05) is 70.5 Å². The largest absolute Gasteiger partial charge is 0.467 e. The Hall–Kier alpha value is -3.34. The molecule has 244 valence electrons. The van der Waals surface area contributed by atoms with Gasteiger partial charge in [0.1, 0.15) is 5.75 Å². The van der Waals surface area contributed by atoms with Gasteiger partial charge in [-0.3, -0.25) is 4.79 Å². The number of hydrogen-bond donors (Lipinski definition) is 0. The lowest BCUT2D eigenvalue weighted by atomic mass is 9.79. The van der Waals surface area contributed by atoms with Crippen LogP contribution < -0.4 is 9.64 Å². The van der Waals surface area contributed by atoms with Crippen molar-refractivity contribution in [3.8, 4) is 5.75 Å². The minimum atomic E-state index is -0.195. The first-order valence-electron chi connectivity index (χ1n) is 16.7. The fourth-order valence-electron chi connectivity index (χ4n) is 7.70. The molecule has 0 atom stereocenters. The van der Waals surface area contributed by atoms with E-state index in [0.29, 0.717) is 0 Å². The maximum absolute atomic E-state index is 12.4. The summed E-state index contributed by atoms with van der Waals surface area (Å²) in [6, 6.07) is 8.76. The first-order chi connectivity index (χ1) is 21.8. The van der Waals surface area contributed by atoms with Gasteiger partial charge in [0.25, 0.3) is 0 Å². The Morgan fingerprint density at radius 3 is 2.35 bits per heavy atom. The molecule has 5 rings (SSSR count). The van der Waals surface area contributed by atoms with E-state index in [4.69, 9.17) is 21.1 Å². The van der Waals surface area contributed by atoms with E-state index in [1.54, 1.807) is 14.0 Å². The van der Waals surface area contributed by atoms with Crippen LogP contribution in [0.5, 0.6) is 5.75 Å². The Kier molecular flexibility index (Phi) is 9.64. The number of hydrogen-bond acceptors (Lipinski definition) is 4. The Bertz CT molecular complexity index is 1730. The van der Waals surface area contributed by atoms with Gasteiger partial charge in [0.05, 0.1) is 0 Å². The van der Waals surface area contributed by atoms with Gasteiger partial charge in [-0.2, -0.15) is 0 Å². The molecule has 0 fully saturated rings. The number of halogens is 1. The molecule has 0 aromatic heterocycles. The van der Waals surface area contributed by atoms with Crippen molar-refractivity contribution >= 4 is 28.6 Å². The van der Waals surface area contributed by atoms with Gasteiger partial charge in [0.15, 0.2) is 12.6 Å². The van der Waals surface area contributed by atoms with Crippen LogP contribution in [0.4, 0.5) is 5.69 Å². The highest BCUT2D eigenvalue weighted by Gasteiger charge is 2.40. The summed E-state index contributed by atoms with van der Waals surface area (Å²) in [5.74, 6) is 0.984. The number of methoxy groups -OCH3 is 1. The van der Waals surface area contributed by atoms with Crippen molar-refractivity contribution in [1.82, 2.24) is 0 Å². The number of ether oxygens (including phenoxy) is 2. The van der Waals surface area contributed by atoms with Crippen molar-refractivity contribution in [3.05, 3.63) is 109 Å². The number of benzene rings is 2. The predicted molar refractivity (Wildman–Crippen MR) is 193 cm³/mol. The highest BCUT2D eigenvalue weighted by molar-refractivity contribution is 6.32. The van der Waals surface area contributed by atoms with Crippen LogP contribution in [0, 0.1) is 13.8 Å². The SMILES string of the molecule is CCC1=C(/C=C/C2=C(Cl)C(=C/C=C3\N(CC)c4cc(C)c(OCOC)cc4C3(C)C)CCC2)C(C)(C)c2cc(C(C)=O)c(C)cc21. The van der Waals surface area contributed by atoms with Crippen LogP contribution in [-0.4, -0.2) is 26.2 Å². The number of carbonyl (C=O) groups excluding carboxylic acids is 1. The Morgan fingerprint density at radius 2 is 1.70 bits per heavy atom. The second-order valence-electron chi connectivity index (χ2n) is 14.0. The van der Waals surface area contributed by atoms with Crippen LogP contribution in [-0.2, 0) is 15.6 Å². The summed E-state index contributed by atoms with van der Waals surface area (Å²) in [6.45, 7) is 20.5. The van der Waals surface area contributed by atoms with E-state index in [9.17, 15) is 4.79 Å². The quantitative estimate of drug-likeness (QED) is 0.202. The van der Waals surface area contributed by atoms with Gasteiger partial charge in [-0.15, -0.1) is 0 Å². The summed E-state index contributed by atoms with van der Waals surface area (Å²) in [6.07, 6.45) is 13.0. The molecule has 0 saturated carbocycles. The molecule has 0 saturated heterocycles. The third-order valence-corrected chi connectivity index (χ3v) is 10.8. The molecule has 4 nitrogen and oxygen atoms in total. The highest BCUT2D eigenvalue weighted by Crippen LogP contribution is 2.51. The predicted octanol–water partition coefficient (Wildman–Crippen LogP) is 10.8. The van der Waals surface area contributed by atoms with Gasteiger partial charge in [0, 0.05) is 46.5 Å². The zero-order chi connectivity index (χ0) is 33.6. The summed E-state index contributed by atoms with van der Waals surface area (Å²) in [5, 5.41) is 0.864. The first-order valence-corrected chi connectivity index (χ1v) is 17.1. The molecule has 0 radical (unpaired) electrons. The number of fused-ring (bicyclic) bond motifs is 2. The van der Waals surface area contributed by atoms with Gasteiger partial charge in [-0.05, 0) is 128 Å². The zero-order valence-electron chi connectivity index (χ0n) is 29.4. The van der Waals surface area contributed by atoms with Gasteiger partial charge >= 0.3 is 0 Å². The number of likely N-dealkylation sites (N-methyl/N-ethyl adjacent to an activating group) is 1. The lowest BCUT2D eigenvalue weighted by molar-refractivity contribution is 0.0505. The molecule has 46 heavy (non-hydrogen) atoms. The molecule has 0 unspecified atom stereocenters. The minimum Gasteiger partial charge on any atom is -0.467 e. The summed E-state index contributed by atoms with van der Waals surface area (Å²) < 4.78 is 11.1. The standard InChI is InChI=1S/C41H50ClNO3/c1-11-30-32-20-25(3)31(27(5)44)22-34(32)40(6,7)33(30)18-16-28-14-13-15-29(39(28)42)17-19-38-41(8,9)35-23-37(46-24-45-10)26(4)21-36(35)43(38)12-2/h16-23H,11-15,24H2,1-10H3/b18-16+,29-17?,38-19-. The van der Waals surface area contributed by atoms with E-state index in [0.717, 1.165) is 59.7 Å². The molecule has 1 heterocycles. The average Bonchev–Trinajstić information content (AvgIpc) is 3.34. The maximum Gasteiger partial charge on any atom is 0.188 e. The molecular weight excluding hydrogens is 590 g/mol. The van der Waals surface area contributed by atoms with Crippen molar-refractivity contribution < 1.29 is 14.3 Å². The Labute approximate surface area is 281 Å². The summed E-state index contributed by atoms with van der Waals surface area (Å²) >= 11 is 7.18. The molecule has 0 spiro atoms. The van der Waals surface area contributed by atoms with Gasteiger partial charge in [0.2, 0.25) is 0 Å². The lowest BCUT2D eigenvalue weighted by Crippen LogP contribution is -2.25. The lowest BCUT2D eigenvalue weighted by Gasteiger charge is -2.26. The fourth-order valence-corrected chi connectivity index (χ4v) is 8.02. The molecule has 0 bridgehead atoms. The topological polar surface area (TPSA) is 38.8 Å². The number of aryl methyl sites for hydroxylation is 2. The van der Waals surface area contributed by atoms with Crippen LogP contribution in [0.3, 0.4) is 0 Å². The number of allylic oxidation sites excluding steroid dienone is 10. The Balaban J connectivity index is 1.49. The molecule has 2 aromatic carbocycles. The third kappa shape index (κ3) is 5.84. The maximum atomic E-state index is 12.4. The van der Waals surface area contributed by atoms with Crippen LogP contribution in [0.15, 0.2) is 76.0 Å². The van der Waals surface area contributed by atoms with Crippen LogP contribution in [0.1, 0.15) is 112 Å².